The highest BCUT2D eigenvalue weighted by molar-refractivity contribution is 6.19. The molecule has 7 nitrogen and oxygen atoms in total. The van der Waals surface area contributed by atoms with Crippen LogP contribution >= 0.6 is 0 Å². The molecule has 0 bridgehead atoms. The molecule has 0 spiro atoms. The van der Waals surface area contributed by atoms with E-state index in [0.29, 0.717) is 11.3 Å². The average Bonchev–Trinajstić information content (AvgIpc) is 3.43. The van der Waals surface area contributed by atoms with E-state index in [2.05, 4.69) is 5.16 Å². The number of carbonyl (C=O) groups is 2. The van der Waals surface area contributed by atoms with Crippen LogP contribution in [0.3, 0.4) is 0 Å². The van der Waals surface area contributed by atoms with E-state index in [0.717, 1.165) is 12.0 Å². The number of Topliss-reactive ketones (excluding diaryl/α,β-unsaturated/α-hetero) is 1. The fourth-order valence-electron chi connectivity index (χ4n) is 3.33. The van der Waals surface area contributed by atoms with Gasteiger partial charge < -0.3 is 14.0 Å². The molecule has 1 N–H and O–H groups in total. The maximum absolute atomic E-state index is 13.0. The van der Waals surface area contributed by atoms with Gasteiger partial charge in [0.15, 0.2) is 17.3 Å². The number of carbonyl (C=O) groups excluding carboxylic acids is 2. The Hall–Kier alpha value is -3.61. The number of aliphatic hydroxyl groups excluding tert-OH is 1. The lowest BCUT2D eigenvalue weighted by atomic mass is 9.94. The Morgan fingerprint density at radius 3 is 2.57 bits per heavy atom. The number of furan rings is 1. The molecule has 1 aliphatic heterocycles. The number of ketones is 1. The number of amides is 1. The van der Waals surface area contributed by atoms with Crippen LogP contribution in [0.2, 0.25) is 0 Å². The largest absolute Gasteiger partial charge is 0.503 e. The minimum atomic E-state index is -0.847. The molecule has 0 saturated heterocycles. The van der Waals surface area contributed by atoms with Crippen LogP contribution in [0, 0.1) is 6.92 Å². The smallest absolute Gasteiger partial charge is 0.295 e. The van der Waals surface area contributed by atoms with Crippen LogP contribution in [0.4, 0.5) is 5.82 Å². The van der Waals surface area contributed by atoms with Gasteiger partial charge in [-0.05, 0) is 36.6 Å². The number of rotatable bonds is 5. The number of hydrogen-bond donors (Lipinski definition) is 1. The first-order chi connectivity index (χ1) is 13.5. The summed E-state index contributed by atoms with van der Waals surface area (Å²) in [5.41, 5.74) is 1.74. The maximum atomic E-state index is 13.0. The lowest BCUT2D eigenvalue weighted by Gasteiger charge is -2.24. The van der Waals surface area contributed by atoms with Crippen molar-refractivity contribution in [3.05, 3.63) is 82.7 Å². The molecule has 0 saturated carbocycles. The monoisotopic (exact) mass is 378 g/mol. The number of nitrogens with zero attached hydrogens (tertiary/aromatic N) is 2. The zero-order valence-electron chi connectivity index (χ0n) is 15.4. The lowest BCUT2D eigenvalue weighted by molar-refractivity contribution is -0.117. The van der Waals surface area contributed by atoms with Crippen molar-refractivity contribution in [2.24, 2.45) is 0 Å². The molecule has 1 aromatic carbocycles. The first kappa shape index (κ1) is 17.8. The average molecular weight is 378 g/mol. The number of aryl methyl sites for hydroxylation is 2. The van der Waals surface area contributed by atoms with Crippen LogP contribution < -0.4 is 4.90 Å². The zero-order valence-corrected chi connectivity index (χ0v) is 15.4. The summed E-state index contributed by atoms with van der Waals surface area (Å²) in [6.07, 6.45) is 2.22. The second-order valence-electron chi connectivity index (χ2n) is 6.54. The number of anilines is 1. The fourth-order valence-corrected chi connectivity index (χ4v) is 3.33. The first-order valence-corrected chi connectivity index (χ1v) is 8.88. The minimum absolute atomic E-state index is 0.0442. The topological polar surface area (TPSA) is 96.8 Å². The normalized spacial score (nSPS) is 16.9. The summed E-state index contributed by atoms with van der Waals surface area (Å²) in [6, 6.07) is 11.3. The van der Waals surface area contributed by atoms with Gasteiger partial charge in [-0.2, -0.15) is 0 Å². The van der Waals surface area contributed by atoms with Crippen LogP contribution in [0.5, 0.6) is 0 Å². The van der Waals surface area contributed by atoms with Crippen molar-refractivity contribution >= 4 is 17.5 Å². The molecular formula is C21H18N2O5. The number of aliphatic hydroxyl groups is 1. The quantitative estimate of drug-likeness (QED) is 0.676. The summed E-state index contributed by atoms with van der Waals surface area (Å²) in [4.78, 5) is 27.1. The van der Waals surface area contributed by atoms with Crippen molar-refractivity contribution in [3.8, 4) is 0 Å². The van der Waals surface area contributed by atoms with Crippen LogP contribution in [0.1, 0.15) is 40.4 Å². The lowest BCUT2D eigenvalue weighted by Crippen LogP contribution is -2.31. The zero-order chi connectivity index (χ0) is 19.8. The highest BCUT2D eigenvalue weighted by Crippen LogP contribution is 2.41. The van der Waals surface area contributed by atoms with Gasteiger partial charge in [-0.1, -0.05) is 36.3 Å². The van der Waals surface area contributed by atoms with Gasteiger partial charge in [0.25, 0.3) is 5.91 Å². The molecule has 0 aliphatic carbocycles. The summed E-state index contributed by atoms with van der Waals surface area (Å²) < 4.78 is 10.3. The Balaban J connectivity index is 1.86. The van der Waals surface area contributed by atoms with Gasteiger partial charge >= 0.3 is 0 Å². The van der Waals surface area contributed by atoms with Gasteiger partial charge in [0.05, 0.1) is 17.9 Å². The Bertz CT molecular complexity index is 1060. The Labute approximate surface area is 160 Å². The Morgan fingerprint density at radius 1 is 1.25 bits per heavy atom. The highest BCUT2D eigenvalue weighted by Gasteiger charge is 2.46. The third-order valence-corrected chi connectivity index (χ3v) is 4.76. The number of hydrogen-bond acceptors (Lipinski definition) is 6. The van der Waals surface area contributed by atoms with Gasteiger partial charge in [-0.25, -0.2) is 0 Å². The van der Waals surface area contributed by atoms with E-state index in [1.54, 1.807) is 19.1 Å². The molecule has 1 unspecified atom stereocenters. The third kappa shape index (κ3) is 2.81. The molecule has 7 heteroatoms. The minimum Gasteiger partial charge on any atom is -0.503 e. The molecule has 3 heterocycles. The van der Waals surface area contributed by atoms with Crippen molar-refractivity contribution in [2.75, 3.05) is 4.90 Å². The van der Waals surface area contributed by atoms with Crippen molar-refractivity contribution < 1.29 is 23.6 Å². The van der Waals surface area contributed by atoms with Crippen LogP contribution in [0.25, 0.3) is 0 Å². The predicted molar refractivity (Wildman–Crippen MR) is 100.0 cm³/mol. The van der Waals surface area contributed by atoms with E-state index in [1.807, 2.05) is 31.2 Å². The summed E-state index contributed by atoms with van der Waals surface area (Å²) in [5.74, 6) is -1.11. The maximum Gasteiger partial charge on any atom is 0.295 e. The fraction of sp³-hybridized carbons (Fsp3) is 0.190. The molecule has 1 amide bonds. The van der Waals surface area contributed by atoms with Gasteiger partial charge in [0.2, 0.25) is 5.78 Å². The molecule has 1 atom stereocenters. The highest BCUT2D eigenvalue weighted by atomic mass is 16.5. The molecule has 0 fully saturated rings. The molecular weight excluding hydrogens is 360 g/mol. The number of aromatic nitrogens is 1. The van der Waals surface area contributed by atoms with Gasteiger partial charge in [0, 0.05) is 6.07 Å². The second kappa shape index (κ2) is 6.84. The van der Waals surface area contributed by atoms with E-state index in [1.165, 1.54) is 17.2 Å². The van der Waals surface area contributed by atoms with Gasteiger partial charge in [-0.3, -0.25) is 14.5 Å². The van der Waals surface area contributed by atoms with E-state index in [9.17, 15) is 14.7 Å². The molecule has 0 radical (unpaired) electrons. The standard InChI is InChI=1S/C21H18N2O5/c1-3-13-6-8-14(9-7-13)18-17(19(24)15-5-4-10-27-15)20(25)21(26)23(18)16-11-12(2)28-22-16/h4-11,18,25H,3H2,1-2H3. The van der Waals surface area contributed by atoms with Crippen LogP contribution in [0.15, 0.2) is 69.0 Å². The predicted octanol–water partition coefficient (Wildman–Crippen LogP) is 3.92. The van der Waals surface area contributed by atoms with Crippen molar-refractivity contribution in [1.29, 1.82) is 0 Å². The molecule has 28 heavy (non-hydrogen) atoms. The van der Waals surface area contributed by atoms with Crippen LogP contribution in [-0.4, -0.2) is 22.0 Å². The van der Waals surface area contributed by atoms with Crippen molar-refractivity contribution in [3.63, 3.8) is 0 Å². The molecule has 1 aliphatic rings. The molecule has 142 valence electrons. The van der Waals surface area contributed by atoms with E-state index in [-0.39, 0.29) is 17.2 Å². The van der Waals surface area contributed by atoms with Crippen LogP contribution in [-0.2, 0) is 11.2 Å². The van der Waals surface area contributed by atoms with Gasteiger partial charge in [-0.15, -0.1) is 0 Å². The van der Waals surface area contributed by atoms with E-state index < -0.39 is 23.5 Å². The summed E-state index contributed by atoms with van der Waals surface area (Å²) >= 11 is 0. The molecule has 2 aromatic heterocycles. The summed E-state index contributed by atoms with van der Waals surface area (Å²) in [7, 11) is 0. The van der Waals surface area contributed by atoms with Crippen molar-refractivity contribution in [2.45, 2.75) is 26.3 Å². The third-order valence-electron chi connectivity index (χ3n) is 4.76. The van der Waals surface area contributed by atoms with Gasteiger partial charge in [0.1, 0.15) is 5.76 Å². The van der Waals surface area contributed by atoms with E-state index in [4.69, 9.17) is 8.94 Å². The van der Waals surface area contributed by atoms with E-state index >= 15 is 0 Å². The van der Waals surface area contributed by atoms with Crippen molar-refractivity contribution in [1.82, 2.24) is 5.16 Å². The SMILES string of the molecule is CCc1ccc(C2C(C(=O)c3ccco3)=C(O)C(=O)N2c2cc(C)on2)cc1. The molecule has 4 rings (SSSR count). The summed E-state index contributed by atoms with van der Waals surface area (Å²) in [5, 5.41) is 14.5. The Kier molecular flexibility index (Phi) is 4.35. The number of benzene rings is 1. The Morgan fingerprint density at radius 2 is 2.00 bits per heavy atom. The second-order valence-corrected chi connectivity index (χ2v) is 6.54. The molecule has 3 aromatic rings. The first-order valence-electron chi connectivity index (χ1n) is 8.88. The summed E-state index contributed by atoms with van der Waals surface area (Å²) in [6.45, 7) is 3.74.